The van der Waals surface area contributed by atoms with Gasteiger partial charge in [0, 0.05) is 28.7 Å². The van der Waals surface area contributed by atoms with Crippen LogP contribution in [0.15, 0.2) is 18.2 Å². The van der Waals surface area contributed by atoms with Gasteiger partial charge in [0.2, 0.25) is 0 Å². The lowest BCUT2D eigenvalue weighted by atomic mass is 10.1. The predicted molar refractivity (Wildman–Crippen MR) is 81.0 cm³/mol. The maximum absolute atomic E-state index is 6.18. The van der Waals surface area contributed by atoms with Crippen molar-refractivity contribution in [1.29, 1.82) is 0 Å². The smallest absolute Gasteiger partial charge is 0.0465 e. The van der Waals surface area contributed by atoms with Crippen LogP contribution in [-0.4, -0.2) is 31.6 Å². The molecule has 0 saturated carbocycles. The van der Waals surface area contributed by atoms with Crippen molar-refractivity contribution in [2.45, 2.75) is 13.0 Å². The molecule has 1 aromatic carbocycles. The molecule has 0 amide bonds. The van der Waals surface area contributed by atoms with Gasteiger partial charge in [-0.15, -0.1) is 12.4 Å². The van der Waals surface area contributed by atoms with Crippen LogP contribution >= 0.6 is 35.6 Å². The average Bonchev–Trinajstić information content (AvgIpc) is 2.72. The van der Waals surface area contributed by atoms with Crippen LogP contribution < -0.4 is 5.32 Å². The highest BCUT2D eigenvalue weighted by molar-refractivity contribution is 6.35. The molecule has 1 atom stereocenters. The number of hydrogen-bond donors (Lipinski definition) is 1. The second-order valence-corrected chi connectivity index (χ2v) is 5.46. The summed E-state index contributed by atoms with van der Waals surface area (Å²) in [5.41, 5.74) is 1.06. The van der Waals surface area contributed by atoms with Crippen LogP contribution in [0.5, 0.6) is 0 Å². The van der Waals surface area contributed by atoms with Gasteiger partial charge >= 0.3 is 0 Å². The Morgan fingerprint density at radius 3 is 2.61 bits per heavy atom. The number of likely N-dealkylation sites (tertiary alicyclic amines) is 1. The zero-order chi connectivity index (χ0) is 12.3. The van der Waals surface area contributed by atoms with Crippen molar-refractivity contribution in [3.05, 3.63) is 33.8 Å². The van der Waals surface area contributed by atoms with Gasteiger partial charge in [-0.25, -0.2) is 0 Å². The monoisotopic (exact) mass is 308 g/mol. The summed E-state index contributed by atoms with van der Waals surface area (Å²) in [6, 6.07) is 5.70. The molecule has 5 heteroatoms. The SMILES string of the molecule is CNCC1CCN(Cc2c(Cl)cccc2Cl)C1.Cl. The molecule has 0 radical (unpaired) electrons. The summed E-state index contributed by atoms with van der Waals surface area (Å²) < 4.78 is 0. The number of nitrogens with one attached hydrogen (secondary N) is 1. The number of hydrogen-bond acceptors (Lipinski definition) is 2. The first-order chi connectivity index (χ1) is 8.20. The molecular weight excluding hydrogens is 291 g/mol. The largest absolute Gasteiger partial charge is 0.319 e. The first-order valence-corrected chi connectivity index (χ1v) is 6.76. The molecule has 1 saturated heterocycles. The molecule has 1 aliphatic rings. The average molecular weight is 310 g/mol. The molecule has 0 aromatic heterocycles. The van der Waals surface area contributed by atoms with E-state index < -0.39 is 0 Å². The molecule has 1 heterocycles. The summed E-state index contributed by atoms with van der Waals surface area (Å²) in [5, 5.41) is 4.78. The fourth-order valence-electron chi connectivity index (χ4n) is 2.42. The van der Waals surface area contributed by atoms with Gasteiger partial charge in [-0.2, -0.15) is 0 Å². The van der Waals surface area contributed by atoms with E-state index in [1.807, 2.05) is 25.2 Å². The Balaban J connectivity index is 0.00000162. The Bertz CT molecular complexity index is 364. The van der Waals surface area contributed by atoms with Gasteiger partial charge < -0.3 is 5.32 Å². The van der Waals surface area contributed by atoms with E-state index in [4.69, 9.17) is 23.2 Å². The first-order valence-electron chi connectivity index (χ1n) is 6.00. The maximum Gasteiger partial charge on any atom is 0.0465 e. The molecule has 18 heavy (non-hydrogen) atoms. The van der Waals surface area contributed by atoms with Crippen molar-refractivity contribution in [2.24, 2.45) is 5.92 Å². The Kier molecular flexibility index (Phi) is 6.75. The summed E-state index contributed by atoms with van der Waals surface area (Å²) in [6.07, 6.45) is 1.25. The van der Waals surface area contributed by atoms with E-state index in [-0.39, 0.29) is 12.4 Å². The fraction of sp³-hybridized carbons (Fsp3) is 0.538. The highest BCUT2D eigenvalue weighted by Crippen LogP contribution is 2.27. The minimum Gasteiger partial charge on any atom is -0.319 e. The number of halogens is 3. The molecule has 0 aliphatic carbocycles. The van der Waals surface area contributed by atoms with Gasteiger partial charge in [0.05, 0.1) is 0 Å². The minimum atomic E-state index is 0. The molecule has 2 nitrogen and oxygen atoms in total. The van der Waals surface area contributed by atoms with E-state index in [1.54, 1.807) is 0 Å². The molecule has 1 aliphatic heterocycles. The molecule has 102 valence electrons. The zero-order valence-electron chi connectivity index (χ0n) is 10.5. The third kappa shape index (κ3) is 4.01. The molecular formula is C13H19Cl3N2. The molecule has 1 unspecified atom stereocenters. The summed E-state index contributed by atoms with van der Waals surface area (Å²) in [5.74, 6) is 0.751. The minimum absolute atomic E-state index is 0. The van der Waals surface area contributed by atoms with Crippen molar-refractivity contribution in [1.82, 2.24) is 10.2 Å². The molecule has 0 bridgehead atoms. The van der Waals surface area contributed by atoms with E-state index >= 15 is 0 Å². The lowest BCUT2D eigenvalue weighted by Gasteiger charge is -2.17. The van der Waals surface area contributed by atoms with E-state index in [0.29, 0.717) is 0 Å². The van der Waals surface area contributed by atoms with E-state index in [0.717, 1.165) is 47.7 Å². The van der Waals surface area contributed by atoms with Gasteiger partial charge in [-0.05, 0) is 44.6 Å². The van der Waals surface area contributed by atoms with Gasteiger partial charge in [-0.3, -0.25) is 4.90 Å². The van der Waals surface area contributed by atoms with Gasteiger partial charge in [-0.1, -0.05) is 29.3 Å². The van der Waals surface area contributed by atoms with E-state index in [9.17, 15) is 0 Å². The van der Waals surface area contributed by atoms with E-state index in [1.165, 1.54) is 6.42 Å². The summed E-state index contributed by atoms with van der Waals surface area (Å²) in [4.78, 5) is 2.43. The van der Waals surface area contributed by atoms with Crippen molar-refractivity contribution in [2.75, 3.05) is 26.7 Å². The molecule has 0 spiro atoms. The van der Waals surface area contributed by atoms with Crippen molar-refractivity contribution in [3.8, 4) is 0 Å². The molecule has 2 rings (SSSR count). The van der Waals surface area contributed by atoms with Crippen molar-refractivity contribution in [3.63, 3.8) is 0 Å². The van der Waals surface area contributed by atoms with Crippen LogP contribution in [-0.2, 0) is 6.54 Å². The van der Waals surface area contributed by atoms with Crippen LogP contribution in [0.1, 0.15) is 12.0 Å². The van der Waals surface area contributed by atoms with Crippen LogP contribution in [0.25, 0.3) is 0 Å². The maximum atomic E-state index is 6.18. The Labute approximate surface area is 125 Å². The van der Waals surface area contributed by atoms with Gasteiger partial charge in [0.1, 0.15) is 0 Å². The van der Waals surface area contributed by atoms with Crippen LogP contribution in [0.4, 0.5) is 0 Å². The summed E-state index contributed by atoms with van der Waals surface area (Å²) in [7, 11) is 2.01. The Morgan fingerprint density at radius 1 is 1.33 bits per heavy atom. The Hall–Kier alpha value is 0.01000. The second-order valence-electron chi connectivity index (χ2n) is 4.65. The van der Waals surface area contributed by atoms with E-state index in [2.05, 4.69) is 10.2 Å². The van der Waals surface area contributed by atoms with Crippen LogP contribution in [0.3, 0.4) is 0 Å². The highest BCUT2D eigenvalue weighted by atomic mass is 35.5. The van der Waals surface area contributed by atoms with Crippen LogP contribution in [0, 0.1) is 5.92 Å². The highest BCUT2D eigenvalue weighted by Gasteiger charge is 2.22. The molecule has 1 aromatic rings. The summed E-state index contributed by atoms with van der Waals surface area (Å²) >= 11 is 12.4. The number of benzene rings is 1. The third-order valence-electron chi connectivity index (χ3n) is 3.31. The number of nitrogens with zero attached hydrogens (tertiary/aromatic N) is 1. The second kappa shape index (κ2) is 7.56. The van der Waals surface area contributed by atoms with Gasteiger partial charge in [0.15, 0.2) is 0 Å². The lowest BCUT2D eigenvalue weighted by Crippen LogP contribution is -2.24. The topological polar surface area (TPSA) is 15.3 Å². The van der Waals surface area contributed by atoms with Crippen LogP contribution in [0.2, 0.25) is 10.0 Å². The Morgan fingerprint density at radius 2 is 2.00 bits per heavy atom. The zero-order valence-corrected chi connectivity index (χ0v) is 12.8. The lowest BCUT2D eigenvalue weighted by molar-refractivity contribution is 0.315. The summed E-state index contributed by atoms with van der Waals surface area (Å²) in [6.45, 7) is 4.21. The molecule has 1 N–H and O–H groups in total. The van der Waals surface area contributed by atoms with Gasteiger partial charge in [0.25, 0.3) is 0 Å². The predicted octanol–water partition coefficient (Wildman–Crippen LogP) is 3.46. The normalized spacial score (nSPS) is 19.8. The fourth-order valence-corrected chi connectivity index (χ4v) is 2.94. The van der Waals surface area contributed by atoms with Crippen molar-refractivity contribution >= 4 is 35.6 Å². The third-order valence-corrected chi connectivity index (χ3v) is 4.01. The molecule has 1 fully saturated rings. The first kappa shape index (κ1) is 16.1. The standard InChI is InChI=1S/C13H18Cl2N2.ClH/c1-16-7-10-5-6-17(8-10)9-11-12(14)3-2-4-13(11)15;/h2-4,10,16H,5-9H2,1H3;1H. The number of rotatable bonds is 4. The quantitative estimate of drug-likeness (QED) is 0.916. The van der Waals surface area contributed by atoms with Crippen molar-refractivity contribution < 1.29 is 0 Å².